The standard InChI is InChI=1S/C13H20N2O4S/c1-8(2)15-9(3)5-12(10(15)4)13(16)14-20(17,18)11-6-19-7-11/h5,8,11H,6-7H2,1-4H3,(H,14,16). The molecule has 20 heavy (non-hydrogen) atoms. The highest BCUT2D eigenvalue weighted by Crippen LogP contribution is 2.20. The number of sulfonamides is 1. The molecule has 0 bridgehead atoms. The smallest absolute Gasteiger partial charge is 0.266 e. The average Bonchev–Trinajstić information content (AvgIpc) is 2.49. The quantitative estimate of drug-likeness (QED) is 0.904. The summed E-state index contributed by atoms with van der Waals surface area (Å²) in [7, 11) is -3.65. The van der Waals surface area contributed by atoms with E-state index in [-0.39, 0.29) is 19.3 Å². The van der Waals surface area contributed by atoms with Gasteiger partial charge in [-0.3, -0.25) is 4.79 Å². The predicted octanol–water partition coefficient (Wildman–Crippen LogP) is 1.14. The lowest BCUT2D eigenvalue weighted by Gasteiger charge is -2.25. The zero-order chi connectivity index (χ0) is 15.1. The van der Waals surface area contributed by atoms with Crippen molar-refractivity contribution < 1.29 is 17.9 Å². The van der Waals surface area contributed by atoms with Crippen molar-refractivity contribution in [1.29, 1.82) is 0 Å². The Bertz CT molecular complexity index is 627. The minimum absolute atomic E-state index is 0.146. The molecule has 1 aliphatic heterocycles. The summed E-state index contributed by atoms with van der Waals surface area (Å²) in [5.41, 5.74) is 2.11. The van der Waals surface area contributed by atoms with Crippen molar-refractivity contribution >= 4 is 15.9 Å². The van der Waals surface area contributed by atoms with Crippen LogP contribution < -0.4 is 4.72 Å². The molecule has 1 aromatic rings. The first-order chi connectivity index (χ1) is 9.24. The van der Waals surface area contributed by atoms with Gasteiger partial charge in [-0.15, -0.1) is 0 Å². The van der Waals surface area contributed by atoms with Crippen LogP contribution in [0.5, 0.6) is 0 Å². The first-order valence-corrected chi connectivity index (χ1v) is 8.10. The Morgan fingerprint density at radius 3 is 2.40 bits per heavy atom. The van der Waals surface area contributed by atoms with E-state index >= 15 is 0 Å². The number of carbonyl (C=O) groups excluding carboxylic acids is 1. The van der Waals surface area contributed by atoms with E-state index in [1.807, 2.05) is 32.3 Å². The Balaban J connectivity index is 2.24. The minimum atomic E-state index is -3.65. The number of aryl methyl sites for hydroxylation is 1. The van der Waals surface area contributed by atoms with Gasteiger partial charge in [0.05, 0.1) is 18.8 Å². The molecule has 1 amide bonds. The van der Waals surface area contributed by atoms with Gasteiger partial charge in [0.1, 0.15) is 5.25 Å². The molecule has 1 N–H and O–H groups in total. The lowest BCUT2D eigenvalue weighted by molar-refractivity contribution is 0.0411. The number of aromatic nitrogens is 1. The van der Waals surface area contributed by atoms with Crippen molar-refractivity contribution in [2.45, 2.75) is 39.0 Å². The van der Waals surface area contributed by atoms with Crippen molar-refractivity contribution in [2.24, 2.45) is 0 Å². The number of carbonyl (C=O) groups is 1. The summed E-state index contributed by atoms with van der Waals surface area (Å²) in [6, 6.07) is 1.94. The summed E-state index contributed by atoms with van der Waals surface area (Å²) < 4.78 is 32.8. The number of nitrogens with zero attached hydrogens (tertiary/aromatic N) is 1. The van der Waals surface area contributed by atoms with Gasteiger partial charge >= 0.3 is 0 Å². The second-order valence-electron chi connectivity index (χ2n) is 5.38. The SMILES string of the molecule is Cc1cc(C(=O)NS(=O)(=O)C2COC2)c(C)n1C(C)C. The maximum Gasteiger partial charge on any atom is 0.266 e. The fraction of sp³-hybridized carbons (Fsp3) is 0.615. The van der Waals surface area contributed by atoms with Crippen molar-refractivity contribution in [2.75, 3.05) is 13.2 Å². The molecule has 6 nitrogen and oxygen atoms in total. The van der Waals surface area contributed by atoms with Gasteiger partial charge in [0, 0.05) is 17.4 Å². The fourth-order valence-corrected chi connectivity index (χ4v) is 3.55. The number of nitrogens with one attached hydrogen (secondary N) is 1. The summed E-state index contributed by atoms with van der Waals surface area (Å²) in [6.07, 6.45) is 0. The molecular formula is C13H20N2O4S. The maximum absolute atomic E-state index is 12.2. The Kier molecular flexibility index (Phi) is 3.93. The second-order valence-corrected chi connectivity index (χ2v) is 7.35. The van der Waals surface area contributed by atoms with E-state index in [4.69, 9.17) is 4.74 Å². The lowest BCUT2D eigenvalue weighted by Crippen LogP contribution is -2.48. The van der Waals surface area contributed by atoms with Gasteiger partial charge < -0.3 is 9.30 Å². The molecule has 1 fully saturated rings. The highest BCUT2D eigenvalue weighted by molar-refractivity contribution is 7.90. The van der Waals surface area contributed by atoms with Gasteiger partial charge in [-0.1, -0.05) is 0 Å². The largest absolute Gasteiger partial charge is 0.378 e. The maximum atomic E-state index is 12.2. The molecule has 1 aromatic heterocycles. The van der Waals surface area contributed by atoms with Gasteiger partial charge in [0.15, 0.2) is 0 Å². The molecule has 0 radical (unpaired) electrons. The molecule has 7 heteroatoms. The van der Waals surface area contributed by atoms with Crippen molar-refractivity contribution in [3.8, 4) is 0 Å². The van der Waals surface area contributed by atoms with Crippen LogP contribution >= 0.6 is 0 Å². The molecule has 1 saturated heterocycles. The monoisotopic (exact) mass is 300 g/mol. The van der Waals surface area contributed by atoms with Crippen LogP contribution in [0.2, 0.25) is 0 Å². The Morgan fingerprint density at radius 2 is 2.00 bits per heavy atom. The van der Waals surface area contributed by atoms with Gasteiger partial charge in [0.25, 0.3) is 5.91 Å². The Hall–Kier alpha value is -1.34. The van der Waals surface area contributed by atoms with Gasteiger partial charge in [0.2, 0.25) is 10.0 Å². The van der Waals surface area contributed by atoms with Gasteiger partial charge in [-0.05, 0) is 33.8 Å². The first kappa shape index (κ1) is 15.1. The van der Waals surface area contributed by atoms with Crippen LogP contribution in [0.1, 0.15) is 41.6 Å². The Morgan fingerprint density at radius 1 is 1.40 bits per heavy atom. The number of amides is 1. The van der Waals surface area contributed by atoms with Crippen molar-refractivity contribution in [3.63, 3.8) is 0 Å². The highest BCUT2D eigenvalue weighted by atomic mass is 32.2. The summed E-state index contributed by atoms with van der Waals surface area (Å²) in [5.74, 6) is -0.572. The molecule has 0 aromatic carbocycles. The van der Waals surface area contributed by atoms with E-state index in [1.165, 1.54) is 0 Å². The molecule has 1 aliphatic rings. The van der Waals surface area contributed by atoms with E-state index in [1.54, 1.807) is 6.07 Å². The molecule has 112 valence electrons. The van der Waals surface area contributed by atoms with Crippen LogP contribution in [0.4, 0.5) is 0 Å². The molecule has 0 spiro atoms. The third-order valence-corrected chi connectivity index (χ3v) is 5.15. The van der Waals surface area contributed by atoms with Crippen LogP contribution in [-0.2, 0) is 14.8 Å². The molecule has 0 aliphatic carbocycles. The minimum Gasteiger partial charge on any atom is -0.378 e. The summed E-state index contributed by atoms with van der Waals surface area (Å²) in [4.78, 5) is 12.2. The van der Waals surface area contributed by atoms with E-state index in [0.717, 1.165) is 11.4 Å². The zero-order valence-electron chi connectivity index (χ0n) is 12.1. The Labute approximate surface area is 119 Å². The van der Waals surface area contributed by atoms with Crippen LogP contribution in [0.25, 0.3) is 0 Å². The molecule has 2 rings (SSSR count). The molecule has 0 unspecified atom stereocenters. The van der Waals surface area contributed by atoms with Crippen LogP contribution in [-0.4, -0.2) is 37.4 Å². The fourth-order valence-electron chi connectivity index (χ4n) is 2.46. The lowest BCUT2D eigenvalue weighted by atomic mass is 10.2. The number of ether oxygens (including phenoxy) is 1. The second kappa shape index (κ2) is 5.21. The normalized spacial score (nSPS) is 16.2. The summed E-state index contributed by atoms with van der Waals surface area (Å²) >= 11 is 0. The third-order valence-electron chi connectivity index (χ3n) is 3.53. The average molecular weight is 300 g/mol. The van der Waals surface area contributed by atoms with Crippen LogP contribution in [0.15, 0.2) is 6.07 Å². The highest BCUT2D eigenvalue weighted by Gasteiger charge is 2.34. The number of rotatable bonds is 4. The third kappa shape index (κ3) is 2.60. The van der Waals surface area contributed by atoms with E-state index in [2.05, 4.69) is 4.72 Å². The van der Waals surface area contributed by atoms with Crippen LogP contribution in [0.3, 0.4) is 0 Å². The van der Waals surface area contributed by atoms with Crippen molar-refractivity contribution in [3.05, 3.63) is 23.0 Å². The number of hydrogen-bond donors (Lipinski definition) is 1. The topological polar surface area (TPSA) is 77.4 Å². The molecular weight excluding hydrogens is 280 g/mol. The summed E-state index contributed by atoms with van der Waals surface area (Å²) in [6.45, 7) is 8.05. The number of hydrogen-bond acceptors (Lipinski definition) is 4. The van der Waals surface area contributed by atoms with E-state index < -0.39 is 21.2 Å². The zero-order valence-corrected chi connectivity index (χ0v) is 13.0. The molecule has 0 atom stereocenters. The van der Waals surface area contributed by atoms with E-state index in [0.29, 0.717) is 5.56 Å². The van der Waals surface area contributed by atoms with Gasteiger partial charge in [-0.25, -0.2) is 13.1 Å². The molecule has 0 saturated carbocycles. The predicted molar refractivity (Wildman–Crippen MR) is 75.3 cm³/mol. The first-order valence-electron chi connectivity index (χ1n) is 6.56. The van der Waals surface area contributed by atoms with Gasteiger partial charge in [-0.2, -0.15) is 0 Å². The van der Waals surface area contributed by atoms with Crippen LogP contribution in [0, 0.1) is 13.8 Å². The van der Waals surface area contributed by atoms with Crippen molar-refractivity contribution in [1.82, 2.24) is 9.29 Å². The van der Waals surface area contributed by atoms with E-state index in [9.17, 15) is 13.2 Å². The summed E-state index contributed by atoms with van der Waals surface area (Å²) in [5, 5.41) is -0.625. The molecule has 2 heterocycles.